The molecule has 0 aliphatic rings. The fraction of sp³-hybridized carbons (Fsp3) is 0.111. The monoisotopic (exact) mass is 326 g/mol. The number of nitrogens with two attached hydrogens (primary N) is 1. The molecule has 22 heavy (non-hydrogen) atoms. The fourth-order valence-corrected chi connectivity index (χ4v) is 3.11. The highest BCUT2D eigenvalue weighted by atomic mass is 32.2. The first-order chi connectivity index (χ1) is 10.6. The van der Waals surface area contributed by atoms with E-state index in [4.69, 9.17) is 22.9 Å². The molecule has 0 bridgehead atoms. The molecule has 0 saturated carbocycles. The lowest BCUT2D eigenvalue weighted by atomic mass is 10.0. The predicted molar refractivity (Wildman–Crippen MR) is 102 cm³/mol. The van der Waals surface area contributed by atoms with Gasteiger partial charge in [-0.05, 0) is 24.6 Å². The second-order valence-corrected chi connectivity index (χ2v) is 6.14. The maximum absolute atomic E-state index is 5.80. The molecular formula is C18H18N2S2. The minimum Gasteiger partial charge on any atom is -0.389 e. The third-order valence-corrected chi connectivity index (χ3v) is 4.36. The van der Waals surface area contributed by atoms with Gasteiger partial charge in [0.25, 0.3) is 0 Å². The van der Waals surface area contributed by atoms with E-state index in [1.54, 1.807) is 11.8 Å². The maximum atomic E-state index is 5.80. The van der Waals surface area contributed by atoms with Crippen molar-refractivity contribution in [1.82, 2.24) is 0 Å². The normalized spacial score (nSPS) is 11.2. The molecule has 0 radical (unpaired) electrons. The lowest BCUT2D eigenvalue weighted by molar-refractivity contribution is 1.40. The molecule has 0 aromatic heterocycles. The Morgan fingerprint density at radius 2 is 1.86 bits per heavy atom. The highest BCUT2D eigenvalue weighted by molar-refractivity contribution is 8.14. The minimum absolute atomic E-state index is 0.409. The van der Waals surface area contributed by atoms with Crippen LogP contribution < -0.4 is 5.73 Å². The standard InChI is InChI=1S/C18H18N2S2/c1-3-12-22-18(20-14-8-5-4-6-9-14)16-11-7-10-15(13(16)2)17(19)21/h3-11H,1,12H2,2H3,(H2,19,21). The Bertz CT molecular complexity index is 706. The van der Waals surface area contributed by atoms with E-state index in [0.29, 0.717) is 4.99 Å². The smallest absolute Gasteiger partial charge is 0.105 e. The van der Waals surface area contributed by atoms with Crippen molar-refractivity contribution in [3.63, 3.8) is 0 Å². The molecule has 2 N–H and O–H groups in total. The number of rotatable bonds is 5. The average Bonchev–Trinajstić information content (AvgIpc) is 2.52. The summed E-state index contributed by atoms with van der Waals surface area (Å²) in [5.74, 6) is 0.794. The van der Waals surface area contributed by atoms with Crippen molar-refractivity contribution in [1.29, 1.82) is 0 Å². The van der Waals surface area contributed by atoms with E-state index < -0.39 is 0 Å². The summed E-state index contributed by atoms with van der Waals surface area (Å²) >= 11 is 6.78. The number of thiocarbonyl (C=S) groups is 1. The van der Waals surface area contributed by atoms with Crippen LogP contribution in [0, 0.1) is 6.92 Å². The molecule has 112 valence electrons. The van der Waals surface area contributed by atoms with Crippen molar-refractivity contribution in [3.05, 3.63) is 77.9 Å². The van der Waals surface area contributed by atoms with E-state index in [1.807, 2.05) is 55.5 Å². The van der Waals surface area contributed by atoms with Crippen LogP contribution in [0.25, 0.3) is 0 Å². The molecule has 0 amide bonds. The zero-order chi connectivity index (χ0) is 15.9. The molecule has 0 spiro atoms. The molecule has 0 fully saturated rings. The van der Waals surface area contributed by atoms with Gasteiger partial charge in [-0.25, -0.2) is 4.99 Å². The second kappa shape index (κ2) is 7.92. The summed E-state index contributed by atoms with van der Waals surface area (Å²) in [7, 11) is 0. The molecule has 0 heterocycles. The minimum atomic E-state index is 0.409. The van der Waals surface area contributed by atoms with Crippen LogP contribution in [0.5, 0.6) is 0 Å². The van der Waals surface area contributed by atoms with Gasteiger partial charge in [0.1, 0.15) is 10.0 Å². The highest BCUT2D eigenvalue weighted by Crippen LogP contribution is 2.24. The SMILES string of the molecule is C=CCSC(=Nc1ccccc1)c1cccc(C(N)=S)c1C. The van der Waals surface area contributed by atoms with Gasteiger partial charge in [0.2, 0.25) is 0 Å². The Hall–Kier alpha value is -1.91. The van der Waals surface area contributed by atoms with Gasteiger partial charge in [-0.1, -0.05) is 54.7 Å². The molecular weight excluding hydrogens is 308 g/mol. The Labute approximate surface area is 141 Å². The van der Waals surface area contributed by atoms with Crippen molar-refractivity contribution < 1.29 is 0 Å². The lowest BCUT2D eigenvalue weighted by Crippen LogP contribution is -2.13. The number of hydrogen-bond donors (Lipinski definition) is 1. The van der Waals surface area contributed by atoms with Crippen molar-refractivity contribution in [2.75, 3.05) is 5.75 Å². The third kappa shape index (κ3) is 4.06. The molecule has 0 saturated heterocycles. The van der Waals surface area contributed by atoms with Gasteiger partial charge in [0.05, 0.1) is 5.69 Å². The number of thioether (sulfide) groups is 1. The number of para-hydroxylation sites is 1. The van der Waals surface area contributed by atoms with Gasteiger partial charge in [-0.2, -0.15) is 0 Å². The molecule has 0 aliphatic carbocycles. The number of nitrogens with zero attached hydrogens (tertiary/aromatic N) is 1. The van der Waals surface area contributed by atoms with Crippen LogP contribution in [0.4, 0.5) is 5.69 Å². The first-order valence-corrected chi connectivity index (χ1v) is 8.30. The Balaban J connectivity index is 2.50. The van der Waals surface area contributed by atoms with Crippen LogP contribution in [0.3, 0.4) is 0 Å². The molecule has 2 rings (SSSR count). The summed E-state index contributed by atoms with van der Waals surface area (Å²) in [5.41, 5.74) is 9.74. The Morgan fingerprint density at radius 3 is 2.50 bits per heavy atom. The van der Waals surface area contributed by atoms with Crippen molar-refractivity contribution in [2.45, 2.75) is 6.92 Å². The zero-order valence-corrected chi connectivity index (χ0v) is 14.1. The Kier molecular flexibility index (Phi) is 5.92. The first-order valence-electron chi connectivity index (χ1n) is 6.90. The summed E-state index contributed by atoms with van der Waals surface area (Å²) in [6.45, 7) is 5.81. The fourth-order valence-electron chi connectivity index (χ4n) is 2.06. The van der Waals surface area contributed by atoms with E-state index in [9.17, 15) is 0 Å². The molecule has 2 aromatic rings. The van der Waals surface area contributed by atoms with Gasteiger partial charge in [-0.15, -0.1) is 18.3 Å². The molecule has 2 nitrogen and oxygen atoms in total. The van der Waals surface area contributed by atoms with Gasteiger partial charge >= 0.3 is 0 Å². The quantitative estimate of drug-likeness (QED) is 0.377. The number of benzene rings is 2. The lowest BCUT2D eigenvalue weighted by Gasteiger charge is -2.12. The van der Waals surface area contributed by atoms with Crippen LogP contribution in [0.15, 0.2) is 66.2 Å². The molecule has 4 heteroatoms. The van der Waals surface area contributed by atoms with Crippen molar-refractivity contribution in [2.24, 2.45) is 10.7 Å². The number of hydrogen-bond acceptors (Lipinski definition) is 3. The van der Waals surface area contributed by atoms with E-state index in [2.05, 4.69) is 12.6 Å². The third-order valence-electron chi connectivity index (χ3n) is 3.15. The molecule has 2 aromatic carbocycles. The highest BCUT2D eigenvalue weighted by Gasteiger charge is 2.12. The van der Waals surface area contributed by atoms with E-state index >= 15 is 0 Å². The van der Waals surface area contributed by atoms with Gasteiger partial charge in [0.15, 0.2) is 0 Å². The van der Waals surface area contributed by atoms with Crippen molar-refractivity contribution in [3.8, 4) is 0 Å². The summed E-state index contributed by atoms with van der Waals surface area (Å²) in [4.78, 5) is 5.18. The van der Waals surface area contributed by atoms with Crippen LogP contribution >= 0.6 is 24.0 Å². The van der Waals surface area contributed by atoms with Gasteiger partial charge in [0, 0.05) is 16.9 Å². The zero-order valence-electron chi connectivity index (χ0n) is 12.5. The maximum Gasteiger partial charge on any atom is 0.105 e. The Morgan fingerprint density at radius 1 is 1.18 bits per heavy atom. The second-order valence-electron chi connectivity index (χ2n) is 4.69. The molecule has 0 atom stereocenters. The largest absolute Gasteiger partial charge is 0.389 e. The van der Waals surface area contributed by atoms with Crippen molar-refractivity contribution >= 4 is 39.7 Å². The average molecular weight is 326 g/mol. The van der Waals surface area contributed by atoms with Crippen LogP contribution in [-0.4, -0.2) is 15.8 Å². The van der Waals surface area contributed by atoms with Crippen LogP contribution in [0.1, 0.15) is 16.7 Å². The van der Waals surface area contributed by atoms with Crippen LogP contribution in [-0.2, 0) is 0 Å². The predicted octanol–water partition coefficient (Wildman–Crippen LogP) is 4.63. The van der Waals surface area contributed by atoms with E-state index in [0.717, 1.165) is 33.2 Å². The first kappa shape index (κ1) is 16.5. The molecule has 0 unspecified atom stereocenters. The van der Waals surface area contributed by atoms with Gasteiger partial charge in [-0.3, -0.25) is 0 Å². The molecule has 0 aliphatic heterocycles. The van der Waals surface area contributed by atoms with Crippen LogP contribution in [0.2, 0.25) is 0 Å². The van der Waals surface area contributed by atoms with E-state index in [1.165, 1.54) is 0 Å². The topological polar surface area (TPSA) is 38.4 Å². The van der Waals surface area contributed by atoms with E-state index in [-0.39, 0.29) is 0 Å². The van der Waals surface area contributed by atoms with Gasteiger partial charge < -0.3 is 5.73 Å². The summed E-state index contributed by atoms with van der Waals surface area (Å²) < 4.78 is 0. The summed E-state index contributed by atoms with van der Waals surface area (Å²) in [6, 6.07) is 15.9. The summed E-state index contributed by atoms with van der Waals surface area (Å²) in [6.07, 6.45) is 1.87. The summed E-state index contributed by atoms with van der Waals surface area (Å²) in [5, 5.41) is 0.946. The number of aliphatic imine (C=N–C) groups is 1.